The Balaban J connectivity index is 1.14. The van der Waals surface area contributed by atoms with Gasteiger partial charge in [-0.1, -0.05) is 66.7 Å². The van der Waals surface area contributed by atoms with Crippen LogP contribution in [0, 0.1) is 26.7 Å². The fraction of sp³-hybridized carbons (Fsp3) is 0.455. The SMILES string of the molecule is Cc1cc(C)c2c(c1C)OC(C)(CN1CCC(CCOC(c3ccccc3)c3ccccc3)CC1)C2N. The molecule has 5 rings (SSSR count). The molecule has 2 N–H and O–H groups in total. The molecule has 37 heavy (non-hydrogen) atoms. The fourth-order valence-corrected chi connectivity index (χ4v) is 6.19. The zero-order valence-electron chi connectivity index (χ0n) is 22.9. The highest BCUT2D eigenvalue weighted by atomic mass is 16.5. The van der Waals surface area contributed by atoms with Crippen LogP contribution in [-0.4, -0.2) is 36.7 Å². The molecule has 4 heteroatoms. The summed E-state index contributed by atoms with van der Waals surface area (Å²) in [7, 11) is 0. The number of ether oxygens (including phenoxy) is 2. The average Bonchev–Trinajstić information content (AvgIpc) is 3.18. The first-order chi connectivity index (χ1) is 17.9. The minimum absolute atomic E-state index is 0.0133. The third kappa shape index (κ3) is 5.47. The molecule has 1 saturated heterocycles. The van der Waals surface area contributed by atoms with E-state index in [9.17, 15) is 0 Å². The van der Waals surface area contributed by atoms with E-state index in [-0.39, 0.29) is 17.7 Å². The van der Waals surface area contributed by atoms with Gasteiger partial charge in [0.1, 0.15) is 17.5 Å². The number of hydrogen-bond acceptors (Lipinski definition) is 4. The second-order valence-corrected chi connectivity index (χ2v) is 11.4. The first-order valence-electron chi connectivity index (χ1n) is 13.8. The van der Waals surface area contributed by atoms with E-state index in [2.05, 4.69) is 99.3 Å². The second-order valence-electron chi connectivity index (χ2n) is 11.4. The predicted molar refractivity (Wildman–Crippen MR) is 151 cm³/mol. The van der Waals surface area contributed by atoms with Crippen molar-refractivity contribution in [2.75, 3.05) is 26.2 Å². The largest absolute Gasteiger partial charge is 0.484 e. The molecule has 0 amide bonds. The summed E-state index contributed by atoms with van der Waals surface area (Å²) in [4.78, 5) is 2.55. The van der Waals surface area contributed by atoms with Crippen molar-refractivity contribution in [1.82, 2.24) is 4.90 Å². The van der Waals surface area contributed by atoms with E-state index in [1.165, 1.54) is 46.2 Å². The number of hydrogen-bond donors (Lipinski definition) is 1. The quantitative estimate of drug-likeness (QED) is 0.377. The summed E-state index contributed by atoms with van der Waals surface area (Å²) in [5, 5.41) is 0. The van der Waals surface area contributed by atoms with Crippen LogP contribution in [0.3, 0.4) is 0 Å². The van der Waals surface area contributed by atoms with Gasteiger partial charge in [0.2, 0.25) is 0 Å². The molecule has 0 radical (unpaired) electrons. The average molecular weight is 499 g/mol. The Morgan fingerprint density at radius 2 is 1.54 bits per heavy atom. The normalized spacial score (nSPS) is 22.3. The van der Waals surface area contributed by atoms with Crippen LogP contribution in [0.15, 0.2) is 66.7 Å². The molecule has 0 aliphatic carbocycles. The van der Waals surface area contributed by atoms with Gasteiger partial charge in [0, 0.05) is 18.7 Å². The zero-order chi connectivity index (χ0) is 26.0. The molecule has 2 aliphatic heterocycles. The number of nitrogens with two attached hydrogens (primary N) is 1. The summed E-state index contributed by atoms with van der Waals surface area (Å²) in [6.07, 6.45) is 3.47. The van der Waals surface area contributed by atoms with Gasteiger partial charge in [-0.2, -0.15) is 0 Å². The summed E-state index contributed by atoms with van der Waals surface area (Å²) in [5.41, 5.74) is 13.8. The third-order valence-corrected chi connectivity index (χ3v) is 8.60. The lowest BCUT2D eigenvalue weighted by molar-refractivity contribution is 0.0229. The highest BCUT2D eigenvalue weighted by Gasteiger charge is 2.45. The molecule has 4 nitrogen and oxygen atoms in total. The summed E-state index contributed by atoms with van der Waals surface area (Å²) < 4.78 is 13.1. The van der Waals surface area contributed by atoms with E-state index in [0.717, 1.165) is 38.4 Å². The topological polar surface area (TPSA) is 47.7 Å². The Hall–Kier alpha value is -2.66. The van der Waals surface area contributed by atoms with Gasteiger partial charge in [-0.05, 0) is 93.8 Å². The monoisotopic (exact) mass is 498 g/mol. The Morgan fingerprint density at radius 1 is 0.946 bits per heavy atom. The lowest BCUT2D eigenvalue weighted by Gasteiger charge is -2.38. The molecule has 0 saturated carbocycles. The van der Waals surface area contributed by atoms with E-state index < -0.39 is 0 Å². The number of rotatable bonds is 8. The molecule has 2 heterocycles. The van der Waals surface area contributed by atoms with Gasteiger partial charge in [0.25, 0.3) is 0 Å². The van der Waals surface area contributed by atoms with Crippen molar-refractivity contribution >= 4 is 0 Å². The Morgan fingerprint density at radius 3 is 2.14 bits per heavy atom. The molecule has 2 unspecified atom stereocenters. The predicted octanol–water partition coefficient (Wildman–Crippen LogP) is 6.67. The zero-order valence-corrected chi connectivity index (χ0v) is 22.9. The smallest absolute Gasteiger partial charge is 0.138 e. The van der Waals surface area contributed by atoms with Crippen LogP contribution in [0.2, 0.25) is 0 Å². The van der Waals surface area contributed by atoms with Crippen LogP contribution in [0.5, 0.6) is 5.75 Å². The highest BCUT2D eigenvalue weighted by Crippen LogP contribution is 2.47. The molecule has 3 aromatic carbocycles. The first kappa shape index (κ1) is 26.0. The van der Waals surface area contributed by atoms with Crippen molar-refractivity contribution in [1.29, 1.82) is 0 Å². The maximum Gasteiger partial charge on any atom is 0.138 e. The Kier molecular flexibility index (Phi) is 7.71. The lowest BCUT2D eigenvalue weighted by atomic mass is 9.87. The van der Waals surface area contributed by atoms with Crippen LogP contribution in [0.4, 0.5) is 0 Å². The number of nitrogens with zero attached hydrogens (tertiary/aromatic N) is 1. The summed E-state index contributed by atoms with van der Waals surface area (Å²) in [6.45, 7) is 12.5. The molecule has 2 atom stereocenters. The van der Waals surface area contributed by atoms with Crippen molar-refractivity contribution in [3.05, 3.63) is 100 Å². The standard InChI is InChI=1S/C33H42N2O2/c1-23-21-24(2)29-30(25(23)3)37-33(4,32(29)34)22-35-18-15-26(16-19-35)17-20-36-31(27-11-7-5-8-12-27)28-13-9-6-10-14-28/h5-14,21,26,31-32H,15-20,22,34H2,1-4H3. The molecule has 1 fully saturated rings. The van der Waals surface area contributed by atoms with Crippen LogP contribution in [-0.2, 0) is 4.74 Å². The van der Waals surface area contributed by atoms with Gasteiger partial charge < -0.3 is 15.2 Å². The summed E-state index contributed by atoms with van der Waals surface area (Å²) in [5.74, 6) is 1.71. The minimum atomic E-state index is -0.389. The lowest BCUT2D eigenvalue weighted by Crippen LogP contribution is -2.51. The van der Waals surface area contributed by atoms with Gasteiger partial charge in [-0.3, -0.25) is 4.90 Å². The van der Waals surface area contributed by atoms with Gasteiger partial charge in [-0.15, -0.1) is 0 Å². The van der Waals surface area contributed by atoms with E-state index >= 15 is 0 Å². The van der Waals surface area contributed by atoms with E-state index in [1.807, 2.05) is 0 Å². The minimum Gasteiger partial charge on any atom is -0.484 e. The summed E-state index contributed by atoms with van der Waals surface area (Å²) >= 11 is 0. The van der Waals surface area contributed by atoms with Crippen molar-refractivity contribution in [3.8, 4) is 5.75 Å². The number of benzene rings is 3. The molecule has 2 aliphatic rings. The maximum absolute atomic E-state index is 6.81. The molecular weight excluding hydrogens is 456 g/mol. The van der Waals surface area contributed by atoms with Gasteiger partial charge >= 0.3 is 0 Å². The molecule has 0 bridgehead atoms. The Bertz CT molecular complexity index is 1150. The van der Waals surface area contributed by atoms with Crippen molar-refractivity contribution in [3.63, 3.8) is 0 Å². The molecular formula is C33H42N2O2. The molecule has 0 spiro atoms. The van der Waals surface area contributed by atoms with Crippen LogP contribution >= 0.6 is 0 Å². The van der Waals surface area contributed by atoms with Gasteiger partial charge in [-0.25, -0.2) is 0 Å². The fourth-order valence-electron chi connectivity index (χ4n) is 6.19. The van der Waals surface area contributed by atoms with Crippen LogP contribution in [0.1, 0.15) is 71.7 Å². The van der Waals surface area contributed by atoms with E-state index in [0.29, 0.717) is 5.92 Å². The summed E-state index contributed by atoms with van der Waals surface area (Å²) in [6, 6.07) is 23.3. The van der Waals surface area contributed by atoms with Crippen LogP contribution in [0.25, 0.3) is 0 Å². The van der Waals surface area contributed by atoms with E-state index in [4.69, 9.17) is 15.2 Å². The van der Waals surface area contributed by atoms with Crippen molar-refractivity contribution < 1.29 is 9.47 Å². The number of likely N-dealkylation sites (tertiary alicyclic amines) is 1. The molecule has 3 aromatic rings. The molecule has 196 valence electrons. The van der Waals surface area contributed by atoms with Crippen LogP contribution < -0.4 is 10.5 Å². The highest BCUT2D eigenvalue weighted by molar-refractivity contribution is 5.55. The Labute approximate surface area is 222 Å². The first-order valence-corrected chi connectivity index (χ1v) is 13.8. The number of aryl methyl sites for hydroxylation is 2. The van der Waals surface area contributed by atoms with Gasteiger partial charge in [0.05, 0.1) is 6.04 Å². The van der Waals surface area contributed by atoms with Crippen molar-refractivity contribution in [2.45, 2.75) is 64.7 Å². The molecule has 0 aromatic heterocycles. The second kappa shape index (κ2) is 11.0. The third-order valence-electron chi connectivity index (χ3n) is 8.60. The van der Waals surface area contributed by atoms with E-state index in [1.54, 1.807) is 0 Å². The van der Waals surface area contributed by atoms with Gasteiger partial charge in [0.15, 0.2) is 0 Å². The number of fused-ring (bicyclic) bond motifs is 1. The van der Waals surface area contributed by atoms with Crippen molar-refractivity contribution in [2.24, 2.45) is 11.7 Å². The number of piperidine rings is 1. The maximum atomic E-state index is 6.81.